The molecule has 1 rings (SSSR count). The summed E-state index contributed by atoms with van der Waals surface area (Å²) >= 11 is 0. The minimum absolute atomic E-state index is 0.208. The van der Waals surface area contributed by atoms with Gasteiger partial charge < -0.3 is 10.1 Å². The topological polar surface area (TPSA) is 24.5 Å². The van der Waals surface area contributed by atoms with Crippen molar-refractivity contribution in [2.24, 2.45) is 5.41 Å². The highest BCUT2D eigenvalue weighted by atomic mass is 16.5. The molecular weight excluding hydrogens is 224 g/mol. The fourth-order valence-corrected chi connectivity index (χ4v) is 2.67. The van der Waals surface area contributed by atoms with E-state index in [4.69, 9.17) is 4.74 Å². The van der Waals surface area contributed by atoms with Crippen LogP contribution in [0.5, 0.6) is 0 Å². The molecule has 18 heavy (non-hydrogen) atoms. The van der Waals surface area contributed by atoms with Crippen LogP contribution in [-0.4, -0.2) is 48.8 Å². The van der Waals surface area contributed by atoms with Gasteiger partial charge in [0.1, 0.15) is 0 Å². The van der Waals surface area contributed by atoms with Crippen LogP contribution in [0.2, 0.25) is 0 Å². The molecule has 0 bridgehead atoms. The second-order valence-electron chi connectivity index (χ2n) is 7.54. The Labute approximate surface area is 113 Å². The fourth-order valence-electron chi connectivity index (χ4n) is 2.67. The van der Waals surface area contributed by atoms with Crippen LogP contribution >= 0.6 is 0 Å². The number of nitrogens with one attached hydrogen (secondary N) is 1. The summed E-state index contributed by atoms with van der Waals surface area (Å²) in [7, 11) is 0. The van der Waals surface area contributed by atoms with Crippen molar-refractivity contribution in [3.63, 3.8) is 0 Å². The second kappa shape index (κ2) is 5.89. The van der Waals surface area contributed by atoms with Gasteiger partial charge in [-0.1, -0.05) is 20.8 Å². The predicted molar refractivity (Wildman–Crippen MR) is 78.0 cm³/mol. The van der Waals surface area contributed by atoms with Gasteiger partial charge in [0.15, 0.2) is 0 Å². The van der Waals surface area contributed by atoms with Crippen molar-refractivity contribution in [3.8, 4) is 0 Å². The first kappa shape index (κ1) is 15.9. The summed E-state index contributed by atoms with van der Waals surface area (Å²) in [5.74, 6) is 0. The molecule has 0 spiro atoms. The van der Waals surface area contributed by atoms with E-state index >= 15 is 0 Å². The average Bonchev–Trinajstić information content (AvgIpc) is 2.13. The summed E-state index contributed by atoms with van der Waals surface area (Å²) in [6.07, 6.45) is 0.328. The number of ether oxygens (including phenoxy) is 1. The lowest BCUT2D eigenvalue weighted by Gasteiger charge is -2.49. The molecule has 3 nitrogen and oxygen atoms in total. The SMILES string of the molecule is CC(C)OCCN1CC(C)(C)NCC1C(C)(C)C. The largest absolute Gasteiger partial charge is 0.377 e. The van der Waals surface area contributed by atoms with Gasteiger partial charge >= 0.3 is 0 Å². The molecule has 0 radical (unpaired) electrons. The maximum Gasteiger partial charge on any atom is 0.0597 e. The van der Waals surface area contributed by atoms with Gasteiger partial charge in [0.05, 0.1) is 12.7 Å². The van der Waals surface area contributed by atoms with Gasteiger partial charge in [0.2, 0.25) is 0 Å². The van der Waals surface area contributed by atoms with Crippen LogP contribution in [0.25, 0.3) is 0 Å². The molecule has 1 aliphatic rings. The van der Waals surface area contributed by atoms with Crippen LogP contribution in [0, 0.1) is 5.41 Å². The maximum atomic E-state index is 5.71. The highest BCUT2D eigenvalue weighted by molar-refractivity contribution is 4.96. The van der Waals surface area contributed by atoms with Crippen LogP contribution in [-0.2, 0) is 4.74 Å². The van der Waals surface area contributed by atoms with Crippen molar-refractivity contribution < 1.29 is 4.74 Å². The maximum absolute atomic E-state index is 5.71. The molecule has 1 unspecified atom stereocenters. The Kier molecular flexibility index (Phi) is 5.22. The molecule has 1 saturated heterocycles. The Morgan fingerprint density at radius 3 is 2.44 bits per heavy atom. The van der Waals surface area contributed by atoms with Crippen molar-refractivity contribution in [2.45, 2.75) is 66.2 Å². The van der Waals surface area contributed by atoms with Crippen molar-refractivity contribution in [1.29, 1.82) is 0 Å². The molecule has 1 fully saturated rings. The molecule has 1 atom stereocenters. The standard InChI is InChI=1S/C15H32N2O/c1-12(2)18-9-8-17-11-15(6,7)16-10-13(17)14(3,4)5/h12-13,16H,8-11H2,1-7H3. The third-order valence-electron chi connectivity index (χ3n) is 3.64. The average molecular weight is 256 g/mol. The van der Waals surface area contributed by atoms with Gasteiger partial charge in [-0.15, -0.1) is 0 Å². The lowest BCUT2D eigenvalue weighted by atomic mass is 9.82. The van der Waals surface area contributed by atoms with Gasteiger partial charge in [-0.25, -0.2) is 0 Å². The summed E-state index contributed by atoms with van der Waals surface area (Å²) in [4.78, 5) is 2.60. The molecule has 3 heteroatoms. The molecule has 0 saturated carbocycles. The van der Waals surface area contributed by atoms with Crippen molar-refractivity contribution >= 4 is 0 Å². The first-order chi connectivity index (χ1) is 8.12. The van der Waals surface area contributed by atoms with Crippen LogP contribution in [0.1, 0.15) is 48.5 Å². The quantitative estimate of drug-likeness (QED) is 0.836. The van der Waals surface area contributed by atoms with Gasteiger partial charge in [-0.05, 0) is 33.1 Å². The van der Waals surface area contributed by atoms with E-state index in [1.807, 2.05) is 0 Å². The first-order valence-electron chi connectivity index (χ1n) is 7.22. The Bertz CT molecular complexity index is 256. The highest BCUT2D eigenvalue weighted by Crippen LogP contribution is 2.28. The van der Waals surface area contributed by atoms with E-state index in [-0.39, 0.29) is 5.54 Å². The predicted octanol–water partition coefficient (Wildman–Crippen LogP) is 2.51. The molecule has 0 amide bonds. The van der Waals surface area contributed by atoms with Crippen LogP contribution in [0.3, 0.4) is 0 Å². The minimum Gasteiger partial charge on any atom is -0.377 e. The molecule has 108 valence electrons. The normalized spacial score (nSPS) is 25.7. The second-order valence-corrected chi connectivity index (χ2v) is 7.54. The van der Waals surface area contributed by atoms with E-state index in [1.165, 1.54) is 0 Å². The molecule has 0 aromatic rings. The lowest BCUT2D eigenvalue weighted by Crippen LogP contribution is -2.65. The number of piperazine rings is 1. The lowest BCUT2D eigenvalue weighted by molar-refractivity contribution is -0.00299. The monoisotopic (exact) mass is 256 g/mol. The molecule has 0 aliphatic carbocycles. The molecule has 0 aromatic carbocycles. The zero-order valence-electron chi connectivity index (χ0n) is 13.3. The van der Waals surface area contributed by atoms with Gasteiger partial charge in [0, 0.05) is 31.2 Å². The number of hydrogen-bond donors (Lipinski definition) is 1. The summed E-state index contributed by atoms with van der Waals surface area (Å²) in [5.41, 5.74) is 0.515. The van der Waals surface area contributed by atoms with Crippen molar-refractivity contribution in [3.05, 3.63) is 0 Å². The van der Waals surface area contributed by atoms with Gasteiger partial charge in [0.25, 0.3) is 0 Å². The first-order valence-corrected chi connectivity index (χ1v) is 7.22. The van der Waals surface area contributed by atoms with E-state index in [0.29, 0.717) is 17.6 Å². The summed E-state index contributed by atoms with van der Waals surface area (Å²) in [6, 6.07) is 0.585. The van der Waals surface area contributed by atoms with Gasteiger partial charge in [-0.3, -0.25) is 4.90 Å². The summed E-state index contributed by atoms with van der Waals surface area (Å²) < 4.78 is 5.71. The number of rotatable bonds is 4. The third-order valence-corrected chi connectivity index (χ3v) is 3.64. The van der Waals surface area contributed by atoms with Gasteiger partial charge in [-0.2, -0.15) is 0 Å². The van der Waals surface area contributed by atoms with E-state index in [9.17, 15) is 0 Å². The fraction of sp³-hybridized carbons (Fsp3) is 1.00. The smallest absolute Gasteiger partial charge is 0.0597 e. The number of hydrogen-bond acceptors (Lipinski definition) is 3. The van der Waals surface area contributed by atoms with Crippen molar-refractivity contribution in [1.82, 2.24) is 10.2 Å². The Hall–Kier alpha value is -0.120. The highest BCUT2D eigenvalue weighted by Gasteiger charge is 2.38. The zero-order valence-corrected chi connectivity index (χ0v) is 13.3. The molecular formula is C15H32N2O. The summed E-state index contributed by atoms with van der Waals surface area (Å²) in [5, 5.41) is 3.66. The van der Waals surface area contributed by atoms with E-state index in [2.05, 4.69) is 58.7 Å². The Morgan fingerprint density at radius 2 is 1.94 bits per heavy atom. The van der Waals surface area contributed by atoms with E-state index in [1.54, 1.807) is 0 Å². The Morgan fingerprint density at radius 1 is 1.33 bits per heavy atom. The molecule has 0 aromatic heterocycles. The molecule has 1 heterocycles. The third kappa shape index (κ3) is 4.87. The van der Waals surface area contributed by atoms with E-state index < -0.39 is 0 Å². The number of nitrogens with zero attached hydrogens (tertiary/aromatic N) is 1. The van der Waals surface area contributed by atoms with Crippen molar-refractivity contribution in [2.75, 3.05) is 26.2 Å². The van der Waals surface area contributed by atoms with Crippen LogP contribution < -0.4 is 5.32 Å². The van der Waals surface area contributed by atoms with Crippen LogP contribution in [0.15, 0.2) is 0 Å². The minimum atomic E-state index is 0.208. The Balaban J connectivity index is 2.60. The van der Waals surface area contributed by atoms with E-state index in [0.717, 1.165) is 26.2 Å². The van der Waals surface area contributed by atoms with Crippen LogP contribution in [0.4, 0.5) is 0 Å². The zero-order chi connectivity index (χ0) is 14.0. The molecule has 1 aliphatic heterocycles. The molecule has 1 N–H and O–H groups in total. The summed E-state index contributed by atoms with van der Waals surface area (Å²) in [6.45, 7) is 19.8.